The lowest BCUT2D eigenvalue weighted by Gasteiger charge is -2.30. The Balaban J connectivity index is 0.741. The van der Waals surface area contributed by atoms with Crippen molar-refractivity contribution in [3.63, 3.8) is 0 Å². The van der Waals surface area contributed by atoms with Gasteiger partial charge in [-0.2, -0.15) is 4.98 Å². The number of phosphoric ester groups is 1. The Labute approximate surface area is 806 Å². The summed E-state index contributed by atoms with van der Waals surface area (Å²) in [4.78, 5) is 177. The van der Waals surface area contributed by atoms with E-state index in [1.165, 1.54) is 89.6 Å². The first-order valence-electron chi connectivity index (χ1n) is 42.5. The minimum absolute atomic E-state index is 0.0109. The van der Waals surface area contributed by atoms with Crippen LogP contribution in [0.15, 0.2) is 83.7 Å². The molecule has 8 aromatic rings. The van der Waals surface area contributed by atoms with Gasteiger partial charge in [0.15, 0.2) is 47.8 Å². The summed E-state index contributed by atoms with van der Waals surface area (Å²) >= 11 is 21.4. The van der Waals surface area contributed by atoms with E-state index in [1.54, 1.807) is 13.8 Å². The molecule has 0 bridgehead atoms. The number of aromatic nitrogens is 16. The summed E-state index contributed by atoms with van der Waals surface area (Å²) in [6, 6.07) is 0. The number of nitrogens with one attached hydrogen (secondary N) is 3. The highest BCUT2D eigenvalue weighted by Gasteiger charge is 2.57. The lowest BCUT2D eigenvalue weighted by molar-refractivity contribution is -0.0839. The van der Waals surface area contributed by atoms with E-state index in [-0.39, 0.29) is 122 Å². The normalized spacial score (nSPS) is 29.4. The Morgan fingerprint density at radius 1 is 0.424 bits per heavy atom. The van der Waals surface area contributed by atoms with Gasteiger partial charge in [0.25, 0.3) is 16.7 Å². The number of H-pyrrole nitrogens is 3. The predicted octanol–water partition coefficient (Wildman–Crippen LogP) is -0.586. The minimum atomic E-state index is -5.83. The van der Waals surface area contributed by atoms with Gasteiger partial charge in [-0.3, -0.25) is 83.9 Å². The number of thiol groups is 1. The number of methoxy groups -OCH3 is 4. The molecular weight excluding hydrogens is 2030 g/mol. The van der Waals surface area contributed by atoms with E-state index in [2.05, 4.69) is 62.1 Å². The first-order chi connectivity index (χ1) is 66.0. The molecule has 14 rings (SSSR count). The van der Waals surface area contributed by atoms with Gasteiger partial charge < -0.3 is 126 Å². The van der Waals surface area contributed by atoms with Crippen LogP contribution in [0.5, 0.6) is 0 Å². The predicted molar refractivity (Wildman–Crippen MR) is 491 cm³/mol. The van der Waals surface area contributed by atoms with Crippen LogP contribution in [0.3, 0.4) is 0 Å². The average Bonchev–Trinajstić information content (AvgIpc) is 1.82. The largest absolute Gasteiger partial charge is 0.472 e. The molecule has 6 fully saturated rings. The quantitative estimate of drug-likeness (QED) is 0.0129. The summed E-state index contributed by atoms with van der Waals surface area (Å²) in [6.45, 7) is -17.4. The number of hydrogen-bond acceptors (Lipinski definition) is 47. The molecule has 57 nitrogen and oxygen atoms in total. The molecule has 14 N–H and O–H groups in total. The fourth-order valence-corrected chi connectivity index (χ4v) is 22.8. The zero-order valence-corrected chi connectivity index (χ0v) is 83.1. The molecule has 768 valence electrons. The second kappa shape index (κ2) is 46.2. The molecule has 6 saturated heterocycles. The zero-order chi connectivity index (χ0) is 100. The van der Waals surface area contributed by atoms with E-state index in [4.69, 9.17) is 164 Å². The number of phosphoric acid groups is 1. The van der Waals surface area contributed by atoms with E-state index < -0.39 is 249 Å². The number of aliphatic hydroxyl groups excluding tert-OH is 1. The van der Waals surface area contributed by atoms with Gasteiger partial charge in [0.2, 0.25) is 0 Å². The molecule has 0 radical (unpaired) electrons. The Kier molecular flexibility index (Phi) is 35.8. The molecule has 66 heteroatoms. The highest BCUT2D eigenvalue weighted by molar-refractivity contribution is 8.44. The Morgan fingerprint density at radius 3 is 1.25 bits per heavy atom. The smallest absolute Gasteiger partial charge is 0.387 e. The summed E-state index contributed by atoms with van der Waals surface area (Å²) < 4.78 is 183. The van der Waals surface area contributed by atoms with Crippen molar-refractivity contribution < 1.29 is 145 Å². The fourth-order valence-electron chi connectivity index (χ4n) is 16.0. The van der Waals surface area contributed by atoms with Gasteiger partial charge in [-0.15, -0.1) is 0 Å². The van der Waals surface area contributed by atoms with Crippen LogP contribution in [-0.4, -0.2) is 314 Å². The van der Waals surface area contributed by atoms with Crippen LogP contribution in [0.2, 0.25) is 0 Å². The fraction of sp³-hybridized carbons (Fsp3) is 0.644. The van der Waals surface area contributed by atoms with Crippen LogP contribution in [0.1, 0.15) is 85.8 Å². The number of imidazole rings is 2. The van der Waals surface area contributed by atoms with Gasteiger partial charge in [0, 0.05) is 88.3 Å². The summed E-state index contributed by atoms with van der Waals surface area (Å²) in [5.74, 6) is -0.226. The molecule has 0 saturated carbocycles. The molecule has 8 aromatic heterocycles. The second-order valence-corrected chi connectivity index (χ2v) is 44.8. The van der Waals surface area contributed by atoms with Gasteiger partial charge in [-0.05, 0) is 69.5 Å². The summed E-state index contributed by atoms with van der Waals surface area (Å²) in [6.07, 6.45) is -23.6. The molecule has 0 aliphatic carbocycles. The maximum absolute atomic E-state index is 15.4. The number of fused-ring (bicyclic) bond motifs is 2. The van der Waals surface area contributed by atoms with Crippen LogP contribution >= 0.6 is 47.0 Å². The third-order valence-corrected chi connectivity index (χ3v) is 30.1. The SMILES string of the molecule is CC[C@H]1O[C@@H](n2cc(C)c(=O)[nH]c2=O)C[C@H]1OP(O)(=S)OC[C@H]1O[C@@H](n2cc(C)c(=O)[nH]c2=O)C[C@H]1OP(=O)(S)OC[C@H]1O[C@@H](n2cnc3c(N)ncnc32)C(OCCOC)[C@H]1OP(=O)(O)OC[C@H]1O[C@@H](n2cc(C)c(=O)[nH]c2=O)C(OCCOC)[C@H]1OP(O)(=S)OC[C@H]1O[C@@H](n2cnc3c(N)ncnc32)C(OCCOC)[C@H]1OP(O)(=S)OC[C@H]1O[C@@H](n2cc(C)c(N)nc2=O)C(OCCOC)[C@H]1O. The van der Waals surface area contributed by atoms with Crippen molar-refractivity contribution in [2.24, 2.45) is 0 Å². The van der Waals surface area contributed by atoms with Gasteiger partial charge in [0.1, 0.15) is 127 Å². The van der Waals surface area contributed by atoms with Crippen molar-refractivity contribution in [2.75, 3.05) is 132 Å². The van der Waals surface area contributed by atoms with Crippen LogP contribution in [0.25, 0.3) is 22.3 Å². The summed E-state index contributed by atoms with van der Waals surface area (Å²) in [7, 11) is -0.364. The third-order valence-electron chi connectivity index (χ3n) is 22.7. The van der Waals surface area contributed by atoms with Crippen molar-refractivity contribution >= 4 is 122 Å². The van der Waals surface area contributed by atoms with Gasteiger partial charge in [0.05, 0.1) is 111 Å². The average molecular weight is 2140 g/mol. The number of aryl methyl sites for hydroxylation is 4. The highest BCUT2D eigenvalue weighted by atomic mass is 32.7. The number of aromatic amines is 3. The number of nitrogens with two attached hydrogens (primary N) is 3. The highest BCUT2D eigenvalue weighted by Crippen LogP contribution is 2.60. The van der Waals surface area contributed by atoms with E-state index in [0.29, 0.717) is 5.56 Å². The Morgan fingerprint density at radius 2 is 0.791 bits per heavy atom. The van der Waals surface area contributed by atoms with E-state index in [0.717, 1.165) is 37.1 Å². The third kappa shape index (κ3) is 25.6. The Hall–Kier alpha value is -6.98. The summed E-state index contributed by atoms with van der Waals surface area (Å²) in [5.41, 5.74) is 13.4. The lowest BCUT2D eigenvalue weighted by Crippen LogP contribution is -2.42. The van der Waals surface area contributed by atoms with Gasteiger partial charge in [-0.1, -0.05) is 19.2 Å². The lowest BCUT2D eigenvalue weighted by atomic mass is 10.1. The van der Waals surface area contributed by atoms with Crippen molar-refractivity contribution in [1.82, 2.24) is 77.2 Å². The number of hydrogen-bond donors (Lipinski definition) is 12. The van der Waals surface area contributed by atoms with Crippen molar-refractivity contribution in [1.29, 1.82) is 0 Å². The number of anilines is 3. The Bertz CT molecular complexity index is 6380. The topological polar surface area (TPSA) is 722 Å². The zero-order valence-electron chi connectivity index (χ0n) is 75.3. The number of nitrogen functional groups attached to an aromatic ring is 3. The first kappa shape index (κ1) is 108. The van der Waals surface area contributed by atoms with E-state index in [9.17, 15) is 58.2 Å². The molecular formula is C73H104N19O38P5S4. The molecule has 139 heavy (non-hydrogen) atoms. The van der Waals surface area contributed by atoms with Crippen molar-refractivity contribution in [2.45, 2.75) is 189 Å². The maximum atomic E-state index is 15.4. The molecule has 6 aliphatic rings. The van der Waals surface area contributed by atoms with Crippen LogP contribution in [0, 0.1) is 27.7 Å². The van der Waals surface area contributed by atoms with Crippen molar-refractivity contribution in [3.05, 3.63) is 145 Å². The first-order valence-corrected chi connectivity index (χ1v) is 54.5. The number of aliphatic hydroxyl groups is 1. The minimum Gasteiger partial charge on any atom is -0.387 e. The monoisotopic (exact) mass is 2140 g/mol. The standard InChI is InChI=1S/C73H104N19O38P5S4/c1-10-38-39(19-46(120-38)87-22-35(3)63(94)84-71(87)98)126-132(103,136)116-25-41-40(20-47(121-41)88-23-36(4)64(95)85-72(88)99)127-133(104,137)118-28-44-51(55(112-16-12-108-7)68(124-44)91-32-81-48-59(75)77-30-79-61(48)91)128-131(101,102)115-27-43-52(56(113-17-13-109-8)67(123-43)90-24-37(5)65(96)86-73(90)100)129-135(106,139)119-29-45-53(57(114-18-14-110-9)69(125-45)92-33-82-49-60(76)78-31-80-62(49)92)130-134(105,138)117-26-42-50(93)54(111-15-11-107-6)66(122-42)89-21-34(2)58(74)83-70(89)97/h21-24,30-33,38-47,50-57,66-69,93H,10-20,25-29H2,1-9H3,(H,101,102)(H,103,136)(H,104,137)(H,105,138)(H,106,139)(H2,74,83,97)(H2,75,77,79)(H2,76,78,80)(H,84,94,98)(H,85,95,99)(H,86,96,100)/t38-,39-,40-,41-,42-,43-,44-,45-,46-,47-,50+,51+,52+,53+,54?,55?,56?,57?,66-,67-,68-,69-,132?,133?,134?,135?/m1/s1. The number of nitrogens with zero attached hydrogens (tertiary/aromatic N) is 13. The molecule has 6 aliphatic heterocycles. The maximum Gasteiger partial charge on any atom is 0.472 e. The molecule has 9 unspecified atom stereocenters. The molecule has 14 heterocycles. The van der Waals surface area contributed by atoms with E-state index in [1.807, 2.05) is 0 Å². The van der Waals surface area contributed by atoms with Crippen LogP contribution < -0.4 is 56.6 Å². The number of ether oxygens (including phenoxy) is 14. The van der Waals surface area contributed by atoms with Crippen LogP contribution in [0.4, 0.5) is 17.5 Å². The van der Waals surface area contributed by atoms with Crippen molar-refractivity contribution in [3.8, 4) is 0 Å². The van der Waals surface area contributed by atoms with E-state index >= 15 is 9.13 Å². The molecule has 0 aromatic carbocycles. The van der Waals surface area contributed by atoms with Crippen LogP contribution in [-0.2, 0) is 156 Å². The van der Waals surface area contributed by atoms with Gasteiger partial charge in [-0.25, -0.2) is 58.2 Å². The number of rotatable bonds is 48. The second-order valence-electron chi connectivity index (χ2n) is 32.1. The summed E-state index contributed by atoms with van der Waals surface area (Å²) in [5, 5.41) is 11.8. The molecule has 0 amide bonds. The molecule has 27 atom stereocenters. The van der Waals surface area contributed by atoms with Gasteiger partial charge >= 0.3 is 57.5 Å². The molecule has 0 spiro atoms.